The standard InChI is InChI=1S/C15H16ClNO4S/c1-10-5-12(21-17-10)9-22(18)8-11-6-13(16)15-14(7-11)19-3-2-4-20-15/h5-7H,2-4,8-9H2,1H3/t22-/m1/s1. The largest absolute Gasteiger partial charge is 0.489 e. The second-order valence-electron chi connectivity index (χ2n) is 5.12. The summed E-state index contributed by atoms with van der Waals surface area (Å²) in [6, 6.07) is 5.41. The molecule has 3 rings (SSSR count). The van der Waals surface area contributed by atoms with E-state index in [0.717, 1.165) is 17.7 Å². The van der Waals surface area contributed by atoms with Crippen molar-refractivity contribution in [3.05, 3.63) is 40.2 Å². The minimum absolute atomic E-state index is 0.326. The fraction of sp³-hybridized carbons (Fsp3) is 0.400. The summed E-state index contributed by atoms with van der Waals surface area (Å²) >= 11 is 6.23. The van der Waals surface area contributed by atoms with E-state index >= 15 is 0 Å². The van der Waals surface area contributed by atoms with Crippen LogP contribution in [0.4, 0.5) is 0 Å². The molecular weight excluding hydrogens is 326 g/mol. The van der Waals surface area contributed by atoms with Crippen molar-refractivity contribution in [1.29, 1.82) is 0 Å². The van der Waals surface area contributed by atoms with Crippen LogP contribution in [-0.4, -0.2) is 22.6 Å². The first kappa shape index (κ1) is 15.4. The maximum atomic E-state index is 12.2. The van der Waals surface area contributed by atoms with Crippen LogP contribution >= 0.6 is 11.6 Å². The molecule has 0 unspecified atom stereocenters. The maximum absolute atomic E-state index is 12.2. The van der Waals surface area contributed by atoms with E-state index in [2.05, 4.69) is 5.16 Å². The Labute approximate surface area is 136 Å². The maximum Gasteiger partial charge on any atom is 0.179 e. The normalized spacial score (nSPS) is 15.4. The van der Waals surface area contributed by atoms with Gasteiger partial charge in [-0.25, -0.2) is 0 Å². The number of hydrogen-bond donors (Lipinski definition) is 0. The van der Waals surface area contributed by atoms with Gasteiger partial charge in [0.2, 0.25) is 0 Å². The predicted molar refractivity (Wildman–Crippen MR) is 83.8 cm³/mol. The minimum Gasteiger partial charge on any atom is -0.489 e. The van der Waals surface area contributed by atoms with Gasteiger partial charge in [-0.15, -0.1) is 0 Å². The zero-order valence-electron chi connectivity index (χ0n) is 12.1. The second-order valence-corrected chi connectivity index (χ2v) is 6.98. The van der Waals surface area contributed by atoms with E-state index in [-0.39, 0.29) is 0 Å². The highest BCUT2D eigenvalue weighted by Crippen LogP contribution is 2.38. The van der Waals surface area contributed by atoms with Crippen LogP contribution in [0.15, 0.2) is 22.7 Å². The van der Waals surface area contributed by atoms with E-state index in [1.165, 1.54) is 0 Å². The number of fused-ring (bicyclic) bond motifs is 1. The topological polar surface area (TPSA) is 61.6 Å². The van der Waals surface area contributed by atoms with Crippen LogP contribution in [0.1, 0.15) is 23.4 Å². The van der Waals surface area contributed by atoms with Gasteiger partial charge in [0.1, 0.15) is 5.76 Å². The molecule has 0 saturated carbocycles. The average molecular weight is 342 g/mol. The van der Waals surface area contributed by atoms with Gasteiger partial charge in [-0.3, -0.25) is 4.21 Å². The van der Waals surface area contributed by atoms with Crippen LogP contribution < -0.4 is 9.47 Å². The monoisotopic (exact) mass is 341 g/mol. The SMILES string of the molecule is Cc1cc(C[S@](=O)Cc2cc(Cl)c3c(c2)OCCCO3)on1. The summed E-state index contributed by atoms with van der Waals surface area (Å²) in [5.74, 6) is 2.51. The summed E-state index contributed by atoms with van der Waals surface area (Å²) in [6.07, 6.45) is 0.817. The van der Waals surface area contributed by atoms with Crippen LogP contribution in [0.3, 0.4) is 0 Å². The zero-order valence-corrected chi connectivity index (χ0v) is 13.7. The third-order valence-electron chi connectivity index (χ3n) is 3.17. The quantitative estimate of drug-likeness (QED) is 0.854. The molecule has 0 bridgehead atoms. The highest BCUT2D eigenvalue weighted by Gasteiger charge is 2.17. The molecule has 0 radical (unpaired) electrons. The smallest absolute Gasteiger partial charge is 0.179 e. The molecule has 0 amide bonds. The Hall–Kier alpha value is -1.53. The van der Waals surface area contributed by atoms with Crippen molar-refractivity contribution in [3.63, 3.8) is 0 Å². The van der Waals surface area contributed by atoms with Crippen molar-refractivity contribution in [1.82, 2.24) is 5.16 Å². The number of nitrogens with zero attached hydrogens (tertiary/aromatic N) is 1. The molecule has 0 aliphatic carbocycles. The molecule has 7 heteroatoms. The number of halogens is 1. The molecular formula is C15H16ClNO4S. The van der Waals surface area contributed by atoms with E-state index in [1.807, 2.05) is 13.0 Å². The molecule has 2 aromatic rings. The van der Waals surface area contributed by atoms with Crippen LogP contribution in [0.5, 0.6) is 11.5 Å². The average Bonchev–Trinajstić information content (AvgIpc) is 2.72. The molecule has 1 aromatic carbocycles. The molecule has 0 spiro atoms. The molecule has 0 fully saturated rings. The molecule has 2 heterocycles. The van der Waals surface area contributed by atoms with Crippen molar-refractivity contribution < 1.29 is 18.2 Å². The Morgan fingerprint density at radius 3 is 2.82 bits per heavy atom. The lowest BCUT2D eigenvalue weighted by molar-refractivity contribution is 0.297. The molecule has 1 atom stereocenters. The van der Waals surface area contributed by atoms with Gasteiger partial charge in [0, 0.05) is 29.0 Å². The summed E-state index contributed by atoms with van der Waals surface area (Å²) in [5.41, 5.74) is 1.63. The van der Waals surface area contributed by atoms with E-state index in [9.17, 15) is 4.21 Å². The van der Waals surface area contributed by atoms with Gasteiger partial charge < -0.3 is 14.0 Å². The molecule has 5 nitrogen and oxygen atoms in total. The summed E-state index contributed by atoms with van der Waals surface area (Å²) in [7, 11) is -1.11. The van der Waals surface area contributed by atoms with E-state index < -0.39 is 10.8 Å². The first-order chi connectivity index (χ1) is 10.6. The Kier molecular flexibility index (Phi) is 4.69. The van der Waals surface area contributed by atoms with Gasteiger partial charge in [-0.05, 0) is 24.6 Å². The van der Waals surface area contributed by atoms with Crippen molar-refractivity contribution in [2.24, 2.45) is 0 Å². The van der Waals surface area contributed by atoms with E-state index in [4.69, 9.17) is 25.6 Å². The predicted octanol–water partition coefficient (Wildman–Crippen LogP) is 3.25. The highest BCUT2D eigenvalue weighted by atomic mass is 35.5. The number of ether oxygens (including phenoxy) is 2. The molecule has 22 heavy (non-hydrogen) atoms. The summed E-state index contributed by atoms with van der Waals surface area (Å²) in [5, 5.41) is 4.28. The molecule has 118 valence electrons. The van der Waals surface area contributed by atoms with Crippen LogP contribution in [-0.2, 0) is 22.3 Å². The fourth-order valence-corrected chi connectivity index (χ4v) is 3.63. The molecule has 0 saturated heterocycles. The Morgan fingerprint density at radius 1 is 1.23 bits per heavy atom. The third kappa shape index (κ3) is 3.62. The van der Waals surface area contributed by atoms with Crippen molar-refractivity contribution >= 4 is 22.4 Å². The summed E-state index contributed by atoms with van der Waals surface area (Å²) in [6.45, 7) is 3.01. The van der Waals surface area contributed by atoms with Crippen LogP contribution in [0, 0.1) is 6.92 Å². The van der Waals surface area contributed by atoms with Crippen molar-refractivity contribution in [2.75, 3.05) is 13.2 Å². The van der Waals surface area contributed by atoms with Crippen molar-refractivity contribution in [2.45, 2.75) is 24.9 Å². The zero-order chi connectivity index (χ0) is 15.5. The number of benzene rings is 1. The van der Waals surface area contributed by atoms with Gasteiger partial charge in [-0.1, -0.05) is 16.8 Å². The lowest BCUT2D eigenvalue weighted by Crippen LogP contribution is -2.00. The first-order valence-electron chi connectivity index (χ1n) is 6.97. The van der Waals surface area contributed by atoms with Gasteiger partial charge >= 0.3 is 0 Å². The van der Waals surface area contributed by atoms with Crippen LogP contribution in [0.2, 0.25) is 5.02 Å². The fourth-order valence-electron chi connectivity index (χ4n) is 2.25. The first-order valence-corrected chi connectivity index (χ1v) is 8.83. The second kappa shape index (κ2) is 6.71. The Bertz CT molecular complexity index is 701. The third-order valence-corrected chi connectivity index (χ3v) is 4.71. The molecule has 1 aliphatic rings. The van der Waals surface area contributed by atoms with Gasteiger partial charge in [-0.2, -0.15) is 0 Å². The lowest BCUT2D eigenvalue weighted by Gasteiger charge is -2.11. The van der Waals surface area contributed by atoms with Gasteiger partial charge in [0.05, 0.1) is 29.7 Å². The number of hydrogen-bond acceptors (Lipinski definition) is 5. The van der Waals surface area contributed by atoms with Crippen molar-refractivity contribution in [3.8, 4) is 11.5 Å². The van der Waals surface area contributed by atoms with Gasteiger partial charge in [0.15, 0.2) is 11.5 Å². The van der Waals surface area contributed by atoms with Crippen LogP contribution in [0.25, 0.3) is 0 Å². The lowest BCUT2D eigenvalue weighted by atomic mass is 10.2. The van der Waals surface area contributed by atoms with E-state index in [0.29, 0.717) is 47.0 Å². The molecule has 1 aromatic heterocycles. The summed E-state index contributed by atoms with van der Waals surface area (Å²) < 4.78 is 28.6. The summed E-state index contributed by atoms with van der Waals surface area (Å²) in [4.78, 5) is 0. The number of rotatable bonds is 4. The Morgan fingerprint density at radius 2 is 2.05 bits per heavy atom. The van der Waals surface area contributed by atoms with Gasteiger partial charge in [0.25, 0.3) is 0 Å². The highest BCUT2D eigenvalue weighted by molar-refractivity contribution is 7.83. The van der Waals surface area contributed by atoms with E-state index in [1.54, 1.807) is 12.1 Å². The minimum atomic E-state index is -1.11. The Balaban J connectivity index is 1.73. The molecule has 1 aliphatic heterocycles. The molecule has 0 N–H and O–H groups in total. The number of aryl methyl sites for hydroxylation is 1. The number of aromatic nitrogens is 1.